The Morgan fingerprint density at radius 2 is 1.89 bits per heavy atom. The maximum absolute atomic E-state index is 12.4. The SMILES string of the molecule is CC(Nc1cccc(S(=O)(=O)N(C)C)c1)C(F)F. The van der Waals surface area contributed by atoms with Crippen molar-refractivity contribution in [1.82, 2.24) is 4.31 Å². The molecule has 0 fully saturated rings. The molecule has 0 aliphatic heterocycles. The highest BCUT2D eigenvalue weighted by Crippen LogP contribution is 2.19. The maximum atomic E-state index is 12.4. The minimum absolute atomic E-state index is 0.0685. The van der Waals surface area contributed by atoms with Gasteiger partial charge in [0.15, 0.2) is 0 Å². The van der Waals surface area contributed by atoms with Gasteiger partial charge in [-0.1, -0.05) is 6.07 Å². The van der Waals surface area contributed by atoms with E-state index in [1.807, 2.05) is 0 Å². The second-order valence-electron chi connectivity index (χ2n) is 4.08. The van der Waals surface area contributed by atoms with Crippen LogP contribution in [0.5, 0.6) is 0 Å². The number of nitrogens with one attached hydrogen (secondary N) is 1. The Bertz CT molecular complexity index is 504. The molecule has 1 aromatic carbocycles. The fourth-order valence-electron chi connectivity index (χ4n) is 1.28. The summed E-state index contributed by atoms with van der Waals surface area (Å²) < 4.78 is 49.6. The topological polar surface area (TPSA) is 49.4 Å². The number of halogens is 2. The molecule has 0 aliphatic carbocycles. The summed E-state index contributed by atoms with van der Waals surface area (Å²) in [5.41, 5.74) is 0.353. The molecular formula is C11H16F2N2O2S. The lowest BCUT2D eigenvalue weighted by atomic mass is 10.3. The molecule has 0 amide bonds. The molecule has 1 unspecified atom stereocenters. The smallest absolute Gasteiger partial charge is 0.258 e. The van der Waals surface area contributed by atoms with E-state index in [1.54, 1.807) is 6.07 Å². The van der Waals surface area contributed by atoms with E-state index < -0.39 is 22.5 Å². The van der Waals surface area contributed by atoms with Crippen LogP contribution in [0.1, 0.15) is 6.92 Å². The average molecular weight is 278 g/mol. The van der Waals surface area contributed by atoms with Crippen LogP contribution in [0.15, 0.2) is 29.2 Å². The molecule has 0 saturated carbocycles. The molecule has 4 nitrogen and oxygen atoms in total. The Morgan fingerprint density at radius 3 is 2.39 bits per heavy atom. The van der Waals surface area contributed by atoms with Gasteiger partial charge in [-0.05, 0) is 25.1 Å². The second-order valence-corrected chi connectivity index (χ2v) is 6.23. The molecule has 1 aromatic rings. The molecule has 0 bridgehead atoms. The number of anilines is 1. The number of nitrogens with zero attached hydrogens (tertiary/aromatic N) is 1. The lowest BCUT2D eigenvalue weighted by Gasteiger charge is -2.16. The first kappa shape index (κ1) is 14.8. The summed E-state index contributed by atoms with van der Waals surface area (Å²) in [5.74, 6) is 0. The largest absolute Gasteiger partial charge is 0.377 e. The first-order valence-electron chi connectivity index (χ1n) is 5.32. The third kappa shape index (κ3) is 3.39. The Labute approximate surface area is 106 Å². The molecule has 1 atom stereocenters. The third-order valence-electron chi connectivity index (χ3n) is 2.38. The van der Waals surface area contributed by atoms with E-state index in [4.69, 9.17) is 0 Å². The van der Waals surface area contributed by atoms with Crippen LogP contribution < -0.4 is 5.32 Å². The third-order valence-corrected chi connectivity index (χ3v) is 4.20. The van der Waals surface area contributed by atoms with Crippen molar-refractivity contribution >= 4 is 15.7 Å². The maximum Gasteiger partial charge on any atom is 0.258 e. The van der Waals surface area contributed by atoms with Gasteiger partial charge in [-0.3, -0.25) is 0 Å². The zero-order valence-electron chi connectivity index (χ0n) is 10.4. The number of hydrogen-bond acceptors (Lipinski definition) is 3. The Hall–Kier alpha value is -1.21. The van der Waals surface area contributed by atoms with Crippen molar-refractivity contribution < 1.29 is 17.2 Å². The molecule has 7 heteroatoms. The summed E-state index contributed by atoms with van der Waals surface area (Å²) in [7, 11) is -0.722. The molecule has 0 heterocycles. The van der Waals surface area contributed by atoms with Gasteiger partial charge < -0.3 is 5.32 Å². The Kier molecular flexibility index (Phi) is 4.64. The van der Waals surface area contributed by atoms with E-state index in [0.717, 1.165) is 4.31 Å². The Morgan fingerprint density at radius 1 is 1.28 bits per heavy atom. The number of sulfonamides is 1. The molecule has 102 valence electrons. The van der Waals surface area contributed by atoms with E-state index in [1.165, 1.54) is 39.2 Å². The average Bonchev–Trinajstić information content (AvgIpc) is 2.28. The summed E-state index contributed by atoms with van der Waals surface area (Å²) in [6, 6.07) is 4.79. The number of hydrogen-bond donors (Lipinski definition) is 1. The Balaban J connectivity index is 3.00. The van der Waals surface area contributed by atoms with Gasteiger partial charge in [-0.2, -0.15) is 0 Å². The van der Waals surface area contributed by atoms with Crippen LogP contribution in [0.25, 0.3) is 0 Å². The highest BCUT2D eigenvalue weighted by atomic mass is 32.2. The predicted octanol–water partition coefficient (Wildman–Crippen LogP) is 2.00. The van der Waals surface area contributed by atoms with Crippen molar-refractivity contribution in [1.29, 1.82) is 0 Å². The number of alkyl halides is 2. The van der Waals surface area contributed by atoms with E-state index in [0.29, 0.717) is 5.69 Å². The summed E-state index contributed by atoms with van der Waals surface area (Å²) in [6.07, 6.45) is -2.51. The van der Waals surface area contributed by atoms with Gasteiger partial charge in [-0.25, -0.2) is 21.5 Å². The lowest BCUT2D eigenvalue weighted by molar-refractivity contribution is 0.130. The van der Waals surface area contributed by atoms with Crippen LogP contribution in [0.2, 0.25) is 0 Å². The van der Waals surface area contributed by atoms with Crippen LogP contribution >= 0.6 is 0 Å². The monoisotopic (exact) mass is 278 g/mol. The summed E-state index contributed by atoms with van der Waals surface area (Å²) in [6.45, 7) is 1.33. The molecule has 0 aromatic heterocycles. The molecule has 1 N–H and O–H groups in total. The minimum Gasteiger partial charge on any atom is -0.377 e. The van der Waals surface area contributed by atoms with Crippen LogP contribution in [0.4, 0.5) is 14.5 Å². The quantitative estimate of drug-likeness (QED) is 0.896. The van der Waals surface area contributed by atoms with Crippen molar-refractivity contribution in [2.45, 2.75) is 24.3 Å². The summed E-state index contributed by atoms with van der Waals surface area (Å²) in [4.78, 5) is 0.0685. The van der Waals surface area contributed by atoms with Crippen LogP contribution in [0.3, 0.4) is 0 Å². The van der Waals surface area contributed by atoms with Gasteiger partial charge in [0.25, 0.3) is 6.43 Å². The first-order valence-corrected chi connectivity index (χ1v) is 6.76. The molecule has 0 radical (unpaired) electrons. The van der Waals surface area contributed by atoms with Crippen LogP contribution in [-0.2, 0) is 10.0 Å². The predicted molar refractivity (Wildman–Crippen MR) is 66.4 cm³/mol. The van der Waals surface area contributed by atoms with Crippen molar-refractivity contribution in [2.24, 2.45) is 0 Å². The van der Waals surface area contributed by atoms with Crippen molar-refractivity contribution in [3.05, 3.63) is 24.3 Å². The van der Waals surface area contributed by atoms with Crippen LogP contribution in [0, 0.1) is 0 Å². The fraction of sp³-hybridized carbons (Fsp3) is 0.455. The van der Waals surface area contributed by atoms with E-state index in [-0.39, 0.29) is 4.90 Å². The molecule has 0 spiro atoms. The highest BCUT2D eigenvalue weighted by molar-refractivity contribution is 7.89. The summed E-state index contributed by atoms with van der Waals surface area (Å²) >= 11 is 0. The number of rotatable bonds is 5. The fourth-order valence-corrected chi connectivity index (χ4v) is 2.23. The van der Waals surface area contributed by atoms with Gasteiger partial charge in [0.2, 0.25) is 10.0 Å². The zero-order chi connectivity index (χ0) is 13.9. The molecule has 0 saturated heterocycles. The zero-order valence-corrected chi connectivity index (χ0v) is 11.2. The highest BCUT2D eigenvalue weighted by Gasteiger charge is 2.18. The van der Waals surface area contributed by atoms with Crippen molar-refractivity contribution in [3.63, 3.8) is 0 Å². The second kappa shape index (κ2) is 5.62. The van der Waals surface area contributed by atoms with Gasteiger partial charge in [0.1, 0.15) is 0 Å². The molecule has 1 rings (SSSR count). The lowest BCUT2D eigenvalue weighted by Crippen LogP contribution is -2.25. The molecule has 0 aliphatic rings. The van der Waals surface area contributed by atoms with E-state index in [9.17, 15) is 17.2 Å². The standard InChI is InChI=1S/C11H16F2N2O2S/c1-8(11(12)13)14-9-5-4-6-10(7-9)18(16,17)15(2)3/h4-8,11,14H,1-3H3. The molecule has 18 heavy (non-hydrogen) atoms. The van der Waals surface area contributed by atoms with Gasteiger partial charge in [0.05, 0.1) is 10.9 Å². The van der Waals surface area contributed by atoms with Crippen molar-refractivity contribution in [2.75, 3.05) is 19.4 Å². The first-order chi connectivity index (χ1) is 8.25. The minimum atomic E-state index is -3.55. The van der Waals surface area contributed by atoms with Gasteiger partial charge >= 0.3 is 0 Å². The molecular weight excluding hydrogens is 262 g/mol. The van der Waals surface area contributed by atoms with E-state index in [2.05, 4.69) is 5.32 Å². The summed E-state index contributed by atoms with van der Waals surface area (Å²) in [5, 5.41) is 2.56. The van der Waals surface area contributed by atoms with Gasteiger partial charge in [0, 0.05) is 19.8 Å². The normalized spacial score (nSPS) is 13.9. The van der Waals surface area contributed by atoms with E-state index >= 15 is 0 Å². The van der Waals surface area contributed by atoms with Crippen LogP contribution in [-0.4, -0.2) is 39.3 Å². The number of benzene rings is 1. The van der Waals surface area contributed by atoms with Gasteiger partial charge in [-0.15, -0.1) is 0 Å². The van der Waals surface area contributed by atoms with Crippen molar-refractivity contribution in [3.8, 4) is 0 Å².